The van der Waals surface area contributed by atoms with Crippen molar-refractivity contribution in [2.24, 2.45) is 16.6 Å². The first-order valence-electron chi connectivity index (χ1n) is 12.2. The van der Waals surface area contributed by atoms with Crippen LogP contribution in [0.3, 0.4) is 0 Å². The van der Waals surface area contributed by atoms with Crippen LogP contribution < -0.4 is 5.73 Å². The van der Waals surface area contributed by atoms with E-state index in [9.17, 15) is 9.18 Å². The van der Waals surface area contributed by atoms with E-state index in [1.165, 1.54) is 11.1 Å². The number of hydrogen-bond acceptors (Lipinski definition) is 5. The van der Waals surface area contributed by atoms with Crippen LogP contribution >= 0.6 is 0 Å². The summed E-state index contributed by atoms with van der Waals surface area (Å²) < 4.78 is 20.0. The molecule has 1 aliphatic heterocycles. The number of aromatic nitrogens is 1. The van der Waals surface area contributed by atoms with E-state index in [1.54, 1.807) is 19.2 Å². The topological polar surface area (TPSA) is 80.8 Å². The summed E-state index contributed by atoms with van der Waals surface area (Å²) in [6.07, 6.45) is 3.88. The molecule has 0 radical (unpaired) electrons. The molecule has 1 aromatic carbocycles. The van der Waals surface area contributed by atoms with Gasteiger partial charge in [-0.2, -0.15) is 4.39 Å². The van der Waals surface area contributed by atoms with Crippen molar-refractivity contribution in [2.75, 3.05) is 13.7 Å². The van der Waals surface area contributed by atoms with Gasteiger partial charge in [0.2, 0.25) is 5.95 Å². The second-order valence-corrected chi connectivity index (χ2v) is 8.72. The quantitative estimate of drug-likeness (QED) is 0.495. The Hall–Kier alpha value is -2.80. The molecule has 0 bridgehead atoms. The molecule has 0 aliphatic carbocycles. The van der Waals surface area contributed by atoms with E-state index in [2.05, 4.69) is 18.8 Å². The number of guanidine groups is 1. The molecule has 6 nitrogen and oxygen atoms in total. The maximum atomic E-state index is 14.4. The standard InChI is InChI=1S/C25H33FN4O2.C2H6/c1-6-32-18(4)11-9-16(2)15-25(23(31)30(5)24(27)29-25)21-14-19(12-10-17(21)3)20-8-7-13-28-22(20)26;1-2/h7-8,10,12-14,16,18H,6,9,11,15H2,1-5H3,(H2,27,29);1-2H3. The predicted molar refractivity (Wildman–Crippen MR) is 136 cm³/mol. The normalized spacial score (nSPS) is 19.4. The lowest BCUT2D eigenvalue weighted by atomic mass is 9.78. The zero-order valence-electron chi connectivity index (χ0n) is 21.6. The fraction of sp³-hybridized carbons (Fsp3) is 0.519. The van der Waals surface area contributed by atoms with E-state index in [1.807, 2.05) is 45.9 Å². The molecule has 0 spiro atoms. The summed E-state index contributed by atoms with van der Waals surface area (Å²) in [6.45, 7) is 12.8. The minimum Gasteiger partial charge on any atom is -0.379 e. The molecule has 0 fully saturated rings. The maximum absolute atomic E-state index is 14.4. The Morgan fingerprint density at radius 2 is 1.91 bits per heavy atom. The molecule has 186 valence electrons. The number of ether oxygens (including phenoxy) is 1. The van der Waals surface area contributed by atoms with Gasteiger partial charge >= 0.3 is 0 Å². The van der Waals surface area contributed by atoms with Crippen LogP contribution in [0.5, 0.6) is 0 Å². The Morgan fingerprint density at radius 3 is 2.50 bits per heavy atom. The monoisotopic (exact) mass is 470 g/mol. The molecule has 2 aromatic rings. The SMILES string of the molecule is CC.CCOC(C)CCC(C)CC1(c2cc(-c3cccnc3F)ccc2C)N=C(N)N(C)C1=O. The lowest BCUT2D eigenvalue weighted by Gasteiger charge is -2.30. The highest BCUT2D eigenvalue weighted by atomic mass is 19.1. The molecule has 0 saturated heterocycles. The van der Waals surface area contributed by atoms with Gasteiger partial charge in [0.1, 0.15) is 0 Å². The minimum atomic E-state index is -1.13. The Balaban J connectivity index is 0.00000199. The summed E-state index contributed by atoms with van der Waals surface area (Å²) in [5, 5.41) is 0. The number of nitrogens with two attached hydrogens (primary N) is 1. The smallest absolute Gasteiger partial charge is 0.261 e. The van der Waals surface area contributed by atoms with Crippen LogP contribution in [0.1, 0.15) is 65.0 Å². The number of halogens is 1. The molecule has 3 unspecified atom stereocenters. The number of nitrogens with zero attached hydrogens (tertiary/aromatic N) is 3. The second kappa shape index (κ2) is 12.1. The van der Waals surface area contributed by atoms with Crippen molar-refractivity contribution in [2.45, 2.75) is 72.4 Å². The van der Waals surface area contributed by atoms with Gasteiger partial charge in [-0.3, -0.25) is 9.69 Å². The number of carbonyl (C=O) groups excluding carboxylic acids is 1. The summed E-state index contributed by atoms with van der Waals surface area (Å²) >= 11 is 0. The Kier molecular flexibility index (Phi) is 9.74. The van der Waals surface area contributed by atoms with Gasteiger partial charge in [-0.1, -0.05) is 32.9 Å². The first kappa shape index (κ1) is 27.4. The molecule has 7 heteroatoms. The molecular formula is C27H39FN4O2. The third kappa shape index (κ3) is 5.81. The molecule has 2 N–H and O–H groups in total. The zero-order valence-corrected chi connectivity index (χ0v) is 21.6. The summed E-state index contributed by atoms with van der Waals surface area (Å²) in [4.78, 5) is 23.4. The molecule has 3 atom stereocenters. The van der Waals surface area contributed by atoms with Crippen LogP contribution in [0.25, 0.3) is 11.1 Å². The van der Waals surface area contributed by atoms with E-state index in [4.69, 9.17) is 15.5 Å². The van der Waals surface area contributed by atoms with E-state index in [0.717, 1.165) is 24.0 Å². The summed E-state index contributed by atoms with van der Waals surface area (Å²) in [5.41, 5.74) is 7.68. The minimum absolute atomic E-state index is 0.160. The highest BCUT2D eigenvalue weighted by Gasteiger charge is 2.49. The molecule has 1 aromatic heterocycles. The van der Waals surface area contributed by atoms with Crippen molar-refractivity contribution >= 4 is 11.9 Å². The zero-order chi connectivity index (χ0) is 25.5. The fourth-order valence-electron chi connectivity index (χ4n) is 4.45. The van der Waals surface area contributed by atoms with Crippen LogP contribution in [0, 0.1) is 18.8 Å². The summed E-state index contributed by atoms with van der Waals surface area (Å²) in [5.74, 6) is -0.315. The van der Waals surface area contributed by atoms with E-state index >= 15 is 0 Å². The molecule has 0 saturated carbocycles. The van der Waals surface area contributed by atoms with Crippen molar-refractivity contribution in [1.29, 1.82) is 0 Å². The third-order valence-electron chi connectivity index (χ3n) is 6.22. The molecule has 3 rings (SSSR count). The van der Waals surface area contributed by atoms with Gasteiger partial charge < -0.3 is 10.5 Å². The van der Waals surface area contributed by atoms with Gasteiger partial charge in [-0.05, 0) is 80.8 Å². The van der Waals surface area contributed by atoms with Crippen LogP contribution in [-0.4, -0.2) is 41.5 Å². The number of benzene rings is 1. The number of aryl methyl sites for hydroxylation is 1. The number of aliphatic imine (C=N–C) groups is 1. The fourth-order valence-corrected chi connectivity index (χ4v) is 4.45. The molecule has 1 aliphatic rings. The van der Waals surface area contributed by atoms with E-state index in [-0.39, 0.29) is 23.9 Å². The molecular weight excluding hydrogens is 431 g/mol. The summed E-state index contributed by atoms with van der Waals surface area (Å²) in [6, 6.07) is 8.98. The Morgan fingerprint density at radius 1 is 1.21 bits per heavy atom. The van der Waals surface area contributed by atoms with Crippen molar-refractivity contribution in [3.63, 3.8) is 0 Å². The number of pyridine rings is 1. The first-order chi connectivity index (χ1) is 16.2. The van der Waals surface area contributed by atoms with Gasteiger partial charge in [0.05, 0.1) is 6.10 Å². The van der Waals surface area contributed by atoms with Gasteiger partial charge in [0, 0.05) is 25.4 Å². The van der Waals surface area contributed by atoms with Gasteiger partial charge in [0.15, 0.2) is 11.5 Å². The highest BCUT2D eigenvalue weighted by molar-refractivity contribution is 6.07. The largest absolute Gasteiger partial charge is 0.379 e. The lowest BCUT2D eigenvalue weighted by Crippen LogP contribution is -2.41. The highest BCUT2D eigenvalue weighted by Crippen LogP contribution is 2.42. The van der Waals surface area contributed by atoms with Crippen LogP contribution in [0.15, 0.2) is 41.5 Å². The van der Waals surface area contributed by atoms with Crippen molar-refractivity contribution in [1.82, 2.24) is 9.88 Å². The summed E-state index contributed by atoms with van der Waals surface area (Å²) in [7, 11) is 1.64. The number of amides is 1. The first-order valence-corrected chi connectivity index (χ1v) is 12.2. The average Bonchev–Trinajstić information content (AvgIpc) is 3.04. The Labute approximate surface area is 203 Å². The van der Waals surface area contributed by atoms with Gasteiger partial charge in [-0.15, -0.1) is 0 Å². The molecule has 34 heavy (non-hydrogen) atoms. The number of hydrogen-bond donors (Lipinski definition) is 1. The number of rotatable bonds is 9. The van der Waals surface area contributed by atoms with Gasteiger partial charge in [0.25, 0.3) is 5.91 Å². The Bertz CT molecular complexity index is 1010. The van der Waals surface area contributed by atoms with Crippen molar-refractivity contribution in [3.8, 4) is 11.1 Å². The van der Waals surface area contributed by atoms with Crippen molar-refractivity contribution in [3.05, 3.63) is 53.6 Å². The lowest BCUT2D eigenvalue weighted by molar-refractivity contribution is -0.131. The van der Waals surface area contributed by atoms with Crippen LogP contribution in [0.2, 0.25) is 0 Å². The third-order valence-corrected chi connectivity index (χ3v) is 6.22. The van der Waals surface area contributed by atoms with Crippen LogP contribution in [-0.2, 0) is 15.1 Å². The molecule has 1 amide bonds. The molecule has 2 heterocycles. The maximum Gasteiger partial charge on any atom is 0.261 e. The number of likely N-dealkylation sites (N-methyl/N-ethyl adjacent to an activating group) is 1. The van der Waals surface area contributed by atoms with E-state index < -0.39 is 11.5 Å². The van der Waals surface area contributed by atoms with E-state index in [0.29, 0.717) is 24.2 Å². The average molecular weight is 471 g/mol. The number of carbonyl (C=O) groups is 1. The van der Waals surface area contributed by atoms with Gasteiger partial charge in [-0.25, -0.2) is 9.98 Å². The predicted octanol–water partition coefficient (Wildman–Crippen LogP) is 5.44. The second-order valence-electron chi connectivity index (χ2n) is 8.72. The van der Waals surface area contributed by atoms with Crippen LogP contribution in [0.4, 0.5) is 4.39 Å². The van der Waals surface area contributed by atoms with Crippen molar-refractivity contribution < 1.29 is 13.9 Å².